The Morgan fingerprint density at radius 1 is 1.10 bits per heavy atom. The lowest BCUT2D eigenvalue weighted by Gasteiger charge is -2.26. The van der Waals surface area contributed by atoms with Crippen molar-refractivity contribution < 1.29 is 23.8 Å². The second kappa shape index (κ2) is 12.9. The van der Waals surface area contributed by atoms with Crippen LogP contribution in [0.5, 0.6) is 5.75 Å². The number of H-pyrrole nitrogens is 1. The molecule has 1 fully saturated rings. The second-order valence-corrected chi connectivity index (χ2v) is 11.1. The van der Waals surface area contributed by atoms with Crippen molar-refractivity contribution in [3.63, 3.8) is 0 Å². The van der Waals surface area contributed by atoms with Crippen LogP contribution in [0.15, 0.2) is 77.3 Å². The van der Waals surface area contributed by atoms with Gasteiger partial charge in [0.1, 0.15) is 30.0 Å². The number of rotatable bonds is 11. The number of ether oxygens (including phenoxy) is 1. The van der Waals surface area contributed by atoms with E-state index in [0.29, 0.717) is 39.3 Å². The maximum atomic E-state index is 15.0. The Hall–Kier alpha value is -4.02. The molecule has 1 unspecified atom stereocenters. The number of benzene rings is 3. The van der Waals surface area contributed by atoms with Gasteiger partial charge in [0.2, 0.25) is 0 Å². The molecular weight excluding hydrogens is 603 g/mol. The van der Waals surface area contributed by atoms with Gasteiger partial charge in [0.15, 0.2) is 0 Å². The number of hydrogen-bond donors (Lipinski definition) is 3. The van der Waals surface area contributed by atoms with Gasteiger partial charge in [0, 0.05) is 28.2 Å². The Labute approximate surface area is 252 Å². The van der Waals surface area contributed by atoms with Crippen LogP contribution in [0.2, 0.25) is 0 Å². The van der Waals surface area contributed by atoms with Gasteiger partial charge in [0.05, 0.1) is 12.3 Å². The fourth-order valence-electron chi connectivity index (χ4n) is 5.27. The molecule has 5 rings (SSSR count). The summed E-state index contributed by atoms with van der Waals surface area (Å²) in [6, 6.07) is 20.2. The van der Waals surface area contributed by atoms with Crippen LogP contribution in [0.3, 0.4) is 0 Å². The van der Waals surface area contributed by atoms with Crippen LogP contribution in [-0.4, -0.2) is 51.7 Å². The van der Waals surface area contributed by atoms with Crippen molar-refractivity contribution in [3.05, 3.63) is 106 Å². The fraction of sp³-hybridized carbons (Fsp3) is 0.281. The molecule has 0 radical (unpaired) electrons. The summed E-state index contributed by atoms with van der Waals surface area (Å²) in [5.41, 5.74) is 3.32. The molecule has 3 atom stereocenters. The minimum atomic E-state index is -0.840. The number of halogens is 2. The number of carbonyl (C=O) groups excluding carboxylic acids is 2. The summed E-state index contributed by atoms with van der Waals surface area (Å²) in [7, 11) is 0. The number of carbonyl (C=O) groups is 2. The first-order chi connectivity index (χ1) is 20.3. The number of aryl methyl sites for hydroxylation is 1. The zero-order valence-corrected chi connectivity index (χ0v) is 24.9. The zero-order valence-electron chi connectivity index (χ0n) is 23.3. The molecule has 1 aliphatic rings. The molecule has 3 N–H and O–H groups in total. The Morgan fingerprint density at radius 3 is 2.50 bits per heavy atom. The lowest BCUT2D eigenvalue weighted by Crippen LogP contribution is -2.36. The van der Waals surface area contributed by atoms with Crippen LogP contribution in [0.4, 0.5) is 9.18 Å². The van der Waals surface area contributed by atoms with Crippen molar-refractivity contribution >= 4 is 27.9 Å². The third-order valence-electron chi connectivity index (χ3n) is 7.60. The zero-order chi connectivity index (χ0) is 29.8. The van der Waals surface area contributed by atoms with Crippen LogP contribution in [0, 0.1) is 5.82 Å². The van der Waals surface area contributed by atoms with E-state index in [-0.39, 0.29) is 31.6 Å². The number of aliphatic hydroxyl groups is 1. The number of amides is 3. The van der Waals surface area contributed by atoms with Crippen LogP contribution < -0.4 is 10.1 Å². The van der Waals surface area contributed by atoms with Crippen LogP contribution >= 0.6 is 15.9 Å². The van der Waals surface area contributed by atoms with Crippen molar-refractivity contribution in [2.75, 3.05) is 19.8 Å². The van der Waals surface area contributed by atoms with Gasteiger partial charge in [-0.15, -0.1) is 0 Å². The van der Waals surface area contributed by atoms with E-state index in [0.717, 1.165) is 11.3 Å². The highest BCUT2D eigenvalue weighted by Gasteiger charge is 2.41. The minimum Gasteiger partial charge on any atom is -0.491 e. The predicted molar refractivity (Wildman–Crippen MR) is 161 cm³/mol. The third-order valence-corrected chi connectivity index (χ3v) is 8.09. The lowest BCUT2D eigenvalue weighted by atomic mass is 9.86. The van der Waals surface area contributed by atoms with E-state index >= 15 is 0 Å². The molecule has 10 heteroatoms. The second-order valence-electron chi connectivity index (χ2n) is 10.2. The van der Waals surface area contributed by atoms with E-state index in [4.69, 9.17) is 14.8 Å². The maximum Gasteiger partial charge on any atom is 0.325 e. The SMILES string of the molecule is CCc1[nH]c(C(CN2C(=O)N[C@H](c3ccc(OCCO)cc3)C2=O)[C@@H](C)c2ccccc2)nc1-c1ccc(Br)cc1F. The van der Waals surface area contributed by atoms with Gasteiger partial charge in [0.25, 0.3) is 5.91 Å². The van der Waals surface area contributed by atoms with Gasteiger partial charge in [-0.3, -0.25) is 9.69 Å². The summed E-state index contributed by atoms with van der Waals surface area (Å²) in [6.07, 6.45) is 0.591. The maximum absolute atomic E-state index is 15.0. The van der Waals surface area contributed by atoms with Gasteiger partial charge in [-0.1, -0.05) is 72.2 Å². The summed E-state index contributed by atoms with van der Waals surface area (Å²) in [5, 5.41) is 11.8. The number of imidazole rings is 1. The van der Waals surface area contributed by atoms with Crippen LogP contribution in [-0.2, 0) is 11.2 Å². The van der Waals surface area contributed by atoms with E-state index in [1.165, 1.54) is 11.0 Å². The Bertz CT molecular complexity index is 1560. The number of urea groups is 1. The molecule has 2 heterocycles. The molecule has 0 bridgehead atoms. The number of aliphatic hydroxyl groups excluding tert-OH is 1. The Morgan fingerprint density at radius 2 is 1.83 bits per heavy atom. The average molecular weight is 636 g/mol. The number of imide groups is 1. The highest BCUT2D eigenvalue weighted by molar-refractivity contribution is 9.10. The molecule has 218 valence electrons. The summed E-state index contributed by atoms with van der Waals surface area (Å²) < 4.78 is 21.0. The van der Waals surface area contributed by atoms with Gasteiger partial charge in [-0.05, 0) is 53.8 Å². The first-order valence-corrected chi connectivity index (χ1v) is 14.6. The molecule has 0 aliphatic carbocycles. The number of aromatic amines is 1. The molecule has 3 aromatic carbocycles. The summed E-state index contributed by atoms with van der Waals surface area (Å²) >= 11 is 3.31. The van der Waals surface area contributed by atoms with E-state index in [1.807, 2.05) is 44.2 Å². The van der Waals surface area contributed by atoms with E-state index in [2.05, 4.69) is 26.2 Å². The number of hydrogen-bond acceptors (Lipinski definition) is 5. The topological polar surface area (TPSA) is 108 Å². The number of nitrogens with zero attached hydrogens (tertiary/aromatic N) is 2. The predicted octanol–water partition coefficient (Wildman–Crippen LogP) is 6.09. The van der Waals surface area contributed by atoms with E-state index in [9.17, 15) is 14.0 Å². The quantitative estimate of drug-likeness (QED) is 0.173. The Balaban J connectivity index is 1.47. The largest absolute Gasteiger partial charge is 0.491 e. The number of aromatic nitrogens is 2. The first kappa shape index (κ1) is 29.5. The van der Waals surface area contributed by atoms with E-state index < -0.39 is 23.8 Å². The molecule has 0 saturated carbocycles. The average Bonchev–Trinajstić information content (AvgIpc) is 3.55. The summed E-state index contributed by atoms with van der Waals surface area (Å²) in [4.78, 5) is 36.3. The van der Waals surface area contributed by atoms with Gasteiger partial charge < -0.3 is 20.1 Å². The van der Waals surface area contributed by atoms with Crippen LogP contribution in [0.25, 0.3) is 11.3 Å². The normalized spacial score (nSPS) is 16.4. The number of nitrogens with one attached hydrogen (secondary N) is 2. The summed E-state index contributed by atoms with van der Waals surface area (Å²) in [6.45, 7) is 4.14. The van der Waals surface area contributed by atoms with Gasteiger partial charge in [-0.25, -0.2) is 14.2 Å². The molecular formula is C32H32BrFN4O4. The highest BCUT2D eigenvalue weighted by Crippen LogP contribution is 2.37. The lowest BCUT2D eigenvalue weighted by molar-refractivity contribution is -0.127. The van der Waals surface area contributed by atoms with Crippen molar-refractivity contribution in [2.45, 2.75) is 38.1 Å². The standard InChI is InChI=1S/C32H32BrFN4O4/c1-3-27-29(24-14-11-22(33)17-26(24)34)36-30(35-27)25(19(2)20-7-5-4-6-8-20)18-38-31(40)28(37-32(38)41)21-9-12-23(13-10-21)42-16-15-39/h4-14,17,19,25,28,39H,3,15-16,18H2,1-2H3,(H,35,36)(H,37,41)/t19-,25?,28+/m0/s1. The molecule has 1 aromatic heterocycles. The van der Waals surface area contributed by atoms with Crippen molar-refractivity contribution in [3.8, 4) is 17.0 Å². The smallest absolute Gasteiger partial charge is 0.325 e. The Kier molecular flexibility index (Phi) is 9.03. The molecule has 42 heavy (non-hydrogen) atoms. The summed E-state index contributed by atoms with van der Waals surface area (Å²) in [5.74, 6) is -0.152. The highest BCUT2D eigenvalue weighted by atomic mass is 79.9. The van der Waals surface area contributed by atoms with E-state index in [1.54, 1.807) is 36.4 Å². The van der Waals surface area contributed by atoms with Crippen molar-refractivity contribution in [1.29, 1.82) is 0 Å². The molecule has 1 saturated heterocycles. The van der Waals surface area contributed by atoms with Gasteiger partial charge >= 0.3 is 6.03 Å². The van der Waals surface area contributed by atoms with Gasteiger partial charge in [-0.2, -0.15) is 0 Å². The molecule has 0 spiro atoms. The molecule has 1 aliphatic heterocycles. The van der Waals surface area contributed by atoms with Crippen LogP contribution in [0.1, 0.15) is 54.4 Å². The molecule has 4 aromatic rings. The van der Waals surface area contributed by atoms with Crippen molar-refractivity contribution in [2.24, 2.45) is 0 Å². The van der Waals surface area contributed by atoms with Crippen molar-refractivity contribution in [1.82, 2.24) is 20.2 Å². The molecule has 3 amide bonds. The minimum absolute atomic E-state index is 0.0772. The monoisotopic (exact) mass is 634 g/mol. The fourth-order valence-corrected chi connectivity index (χ4v) is 5.60. The third kappa shape index (κ3) is 6.10. The first-order valence-electron chi connectivity index (χ1n) is 13.8. The molecule has 8 nitrogen and oxygen atoms in total.